The molecule has 5 heteroatoms. The molecule has 0 fully saturated rings. The van der Waals surface area contributed by atoms with Crippen LogP contribution in [0.1, 0.15) is 11.3 Å². The van der Waals surface area contributed by atoms with Crippen LogP contribution in [0.15, 0.2) is 11.0 Å². The molecule has 0 spiro atoms. The fourth-order valence-electron chi connectivity index (χ4n) is 3.28. The van der Waals surface area contributed by atoms with E-state index in [0.29, 0.717) is 5.39 Å². The van der Waals surface area contributed by atoms with E-state index in [2.05, 4.69) is 9.88 Å². The van der Waals surface area contributed by atoms with Crippen molar-refractivity contribution in [3.8, 4) is 0 Å². The highest BCUT2D eigenvalue weighted by Gasteiger charge is 2.27. The van der Waals surface area contributed by atoms with Gasteiger partial charge in [-0.05, 0) is 24.6 Å². The second-order valence-electron chi connectivity index (χ2n) is 5.07. The van der Waals surface area contributed by atoms with Crippen LogP contribution in [0.3, 0.4) is 0 Å². The molecule has 0 saturated heterocycles. The number of aromatic nitrogens is 1. The third-order valence-electron chi connectivity index (χ3n) is 4.07. The van der Waals surface area contributed by atoms with Crippen LogP contribution in [0.2, 0.25) is 0 Å². The molecule has 1 aromatic heterocycles. The first kappa shape index (κ1) is 11.7. The van der Waals surface area contributed by atoms with E-state index in [0.717, 1.165) is 54.2 Å². The van der Waals surface area contributed by atoms with Gasteiger partial charge in [0.2, 0.25) is 0 Å². The van der Waals surface area contributed by atoms with Crippen LogP contribution in [-0.2, 0) is 19.4 Å². The van der Waals surface area contributed by atoms with E-state index in [1.165, 1.54) is 11.8 Å². The van der Waals surface area contributed by atoms with Crippen LogP contribution >= 0.6 is 11.8 Å². The molecule has 19 heavy (non-hydrogen) atoms. The molecule has 0 radical (unpaired) electrons. The van der Waals surface area contributed by atoms with Gasteiger partial charge in [0.15, 0.2) is 11.6 Å². The summed E-state index contributed by atoms with van der Waals surface area (Å²) in [6, 6.07) is 1.36. The Labute approximate surface area is 114 Å². The van der Waals surface area contributed by atoms with Gasteiger partial charge in [0.1, 0.15) is 0 Å². The number of nitrogens with zero attached hydrogens (tertiary/aromatic N) is 1. The highest BCUT2D eigenvalue weighted by atomic mass is 32.2. The average Bonchev–Trinajstić information content (AvgIpc) is 2.59. The second-order valence-corrected chi connectivity index (χ2v) is 6.21. The molecule has 2 aromatic rings. The monoisotopic (exact) mass is 280 g/mol. The van der Waals surface area contributed by atoms with E-state index in [1.54, 1.807) is 11.8 Å². The summed E-state index contributed by atoms with van der Waals surface area (Å²) in [4.78, 5) is 0.890. The minimum atomic E-state index is -0.714. The summed E-state index contributed by atoms with van der Waals surface area (Å²) in [6.07, 6.45) is 1.68. The molecule has 0 atom stereocenters. The maximum atomic E-state index is 14.3. The molecule has 0 unspecified atom stereocenters. The van der Waals surface area contributed by atoms with Crippen molar-refractivity contribution >= 4 is 22.7 Å². The average molecular weight is 280 g/mol. The summed E-state index contributed by atoms with van der Waals surface area (Å²) in [5.74, 6) is -0.450. The zero-order valence-electron chi connectivity index (χ0n) is 10.4. The van der Waals surface area contributed by atoms with Gasteiger partial charge in [0.05, 0.1) is 5.52 Å². The first-order valence-corrected chi connectivity index (χ1v) is 7.61. The summed E-state index contributed by atoms with van der Waals surface area (Å²) >= 11 is 1.63. The fourth-order valence-corrected chi connectivity index (χ4v) is 4.31. The zero-order chi connectivity index (χ0) is 13.0. The normalized spacial score (nSPS) is 18.4. The fraction of sp³-hybridized carbons (Fsp3) is 0.429. The first-order valence-electron chi connectivity index (χ1n) is 6.63. The summed E-state index contributed by atoms with van der Waals surface area (Å²) in [6.45, 7) is 2.65. The molecule has 2 aliphatic heterocycles. The van der Waals surface area contributed by atoms with Gasteiger partial charge in [0.25, 0.3) is 0 Å². The minimum Gasteiger partial charge on any atom is -0.342 e. The smallest absolute Gasteiger partial charge is 0.168 e. The Bertz CT molecular complexity index is 678. The number of aryl methyl sites for hydroxylation is 1. The Morgan fingerprint density at radius 3 is 2.95 bits per heavy atom. The predicted molar refractivity (Wildman–Crippen MR) is 72.9 cm³/mol. The number of hydrogen-bond donors (Lipinski definition) is 1. The van der Waals surface area contributed by atoms with Crippen molar-refractivity contribution in [1.29, 1.82) is 0 Å². The van der Waals surface area contributed by atoms with E-state index >= 15 is 0 Å². The van der Waals surface area contributed by atoms with Crippen LogP contribution in [-0.4, -0.2) is 23.4 Å². The molecule has 4 rings (SSSR count). The van der Waals surface area contributed by atoms with Crippen molar-refractivity contribution in [1.82, 2.24) is 9.88 Å². The number of thioether (sulfide) groups is 1. The molecular weight excluding hydrogens is 266 g/mol. The highest BCUT2D eigenvalue weighted by Crippen LogP contribution is 2.40. The molecule has 0 bridgehead atoms. The van der Waals surface area contributed by atoms with Gasteiger partial charge in [-0.25, -0.2) is 8.78 Å². The van der Waals surface area contributed by atoms with E-state index in [1.807, 2.05) is 0 Å². The molecule has 100 valence electrons. The molecule has 3 heterocycles. The van der Waals surface area contributed by atoms with Gasteiger partial charge in [0, 0.05) is 41.2 Å². The Morgan fingerprint density at radius 2 is 2.05 bits per heavy atom. The third-order valence-corrected chi connectivity index (χ3v) is 5.07. The van der Waals surface area contributed by atoms with E-state index in [4.69, 9.17) is 0 Å². The Kier molecular flexibility index (Phi) is 2.60. The number of rotatable bonds is 0. The van der Waals surface area contributed by atoms with Crippen LogP contribution in [0, 0.1) is 11.6 Å². The van der Waals surface area contributed by atoms with E-state index in [-0.39, 0.29) is 0 Å². The predicted octanol–water partition coefficient (Wildman–Crippen LogP) is 2.71. The van der Waals surface area contributed by atoms with Gasteiger partial charge in [-0.3, -0.25) is 0 Å². The minimum absolute atomic E-state index is 0.529. The molecule has 0 saturated carbocycles. The molecule has 1 N–H and O–H groups in total. The number of benzene rings is 1. The summed E-state index contributed by atoms with van der Waals surface area (Å²) < 4.78 is 30.3. The quantitative estimate of drug-likeness (QED) is 0.799. The van der Waals surface area contributed by atoms with Crippen molar-refractivity contribution in [2.24, 2.45) is 0 Å². The number of halogens is 2. The summed E-state index contributed by atoms with van der Waals surface area (Å²) in [7, 11) is 0. The molecule has 0 amide bonds. The van der Waals surface area contributed by atoms with Crippen molar-refractivity contribution in [3.63, 3.8) is 0 Å². The Balaban J connectivity index is 2.15. The van der Waals surface area contributed by atoms with Crippen LogP contribution in [0.25, 0.3) is 10.9 Å². The lowest BCUT2D eigenvalue weighted by Crippen LogP contribution is -2.18. The second kappa shape index (κ2) is 4.21. The van der Waals surface area contributed by atoms with Crippen molar-refractivity contribution in [3.05, 3.63) is 29.0 Å². The standard InChI is InChI=1S/C14H14F2N2S/c15-9-7-11-14-12(13(9)16)8-1-3-17-4-2-10(8)18(14)5-6-19-11/h7,17H,1-6H2. The van der Waals surface area contributed by atoms with Crippen LogP contribution in [0.4, 0.5) is 8.78 Å². The SMILES string of the molecule is Fc1cc2c3c(c1F)c1c(n3CCS2)CCNCC1. The van der Waals surface area contributed by atoms with E-state index < -0.39 is 11.6 Å². The van der Waals surface area contributed by atoms with E-state index in [9.17, 15) is 8.78 Å². The molecule has 0 aliphatic carbocycles. The van der Waals surface area contributed by atoms with Gasteiger partial charge >= 0.3 is 0 Å². The third kappa shape index (κ3) is 1.58. The lowest BCUT2D eigenvalue weighted by Gasteiger charge is -2.17. The molecule has 2 aliphatic rings. The van der Waals surface area contributed by atoms with Crippen molar-refractivity contribution in [2.45, 2.75) is 24.3 Å². The first-order chi connectivity index (χ1) is 9.27. The Hall–Kier alpha value is -1.07. The molecular formula is C14H14F2N2S. The lowest BCUT2D eigenvalue weighted by atomic mass is 10.1. The molecule has 2 nitrogen and oxygen atoms in total. The van der Waals surface area contributed by atoms with Crippen molar-refractivity contribution < 1.29 is 8.78 Å². The maximum Gasteiger partial charge on any atom is 0.168 e. The van der Waals surface area contributed by atoms with Gasteiger partial charge in [-0.1, -0.05) is 0 Å². The van der Waals surface area contributed by atoms with Crippen LogP contribution in [0.5, 0.6) is 0 Å². The topological polar surface area (TPSA) is 17.0 Å². The largest absolute Gasteiger partial charge is 0.342 e. The lowest BCUT2D eigenvalue weighted by molar-refractivity contribution is 0.513. The summed E-state index contributed by atoms with van der Waals surface area (Å²) in [5.41, 5.74) is 3.13. The van der Waals surface area contributed by atoms with Gasteiger partial charge in [-0.15, -0.1) is 11.8 Å². The number of fused-ring (bicyclic) bond motifs is 3. The highest BCUT2D eigenvalue weighted by molar-refractivity contribution is 7.99. The zero-order valence-corrected chi connectivity index (χ0v) is 11.2. The van der Waals surface area contributed by atoms with Gasteiger partial charge in [-0.2, -0.15) is 0 Å². The Morgan fingerprint density at radius 1 is 1.21 bits per heavy atom. The van der Waals surface area contributed by atoms with Crippen LogP contribution < -0.4 is 5.32 Å². The number of hydrogen-bond acceptors (Lipinski definition) is 2. The molecule has 1 aromatic carbocycles. The number of nitrogens with one attached hydrogen (secondary N) is 1. The summed E-state index contributed by atoms with van der Waals surface area (Å²) in [5, 5.41) is 3.86. The van der Waals surface area contributed by atoms with Gasteiger partial charge < -0.3 is 9.88 Å². The van der Waals surface area contributed by atoms with Crippen molar-refractivity contribution in [2.75, 3.05) is 18.8 Å². The maximum absolute atomic E-state index is 14.3.